The zero-order valence-electron chi connectivity index (χ0n) is 17.9. The molecule has 1 amide bonds. The van der Waals surface area contributed by atoms with Crippen LogP contribution in [-0.4, -0.2) is 28.0 Å². The van der Waals surface area contributed by atoms with Gasteiger partial charge in [0.05, 0.1) is 23.7 Å². The summed E-state index contributed by atoms with van der Waals surface area (Å²) in [6, 6.07) is 22.6. The van der Waals surface area contributed by atoms with E-state index in [-0.39, 0.29) is 23.4 Å². The van der Waals surface area contributed by atoms with Crippen LogP contribution in [0.4, 0.5) is 5.69 Å². The fourth-order valence-electron chi connectivity index (χ4n) is 4.07. The number of anilines is 1. The van der Waals surface area contributed by atoms with Crippen molar-refractivity contribution in [2.24, 2.45) is 0 Å². The molecule has 3 aromatic rings. The summed E-state index contributed by atoms with van der Waals surface area (Å²) in [7, 11) is -2.27. The maximum absolute atomic E-state index is 13.4. The molecule has 0 aromatic heterocycles. The summed E-state index contributed by atoms with van der Waals surface area (Å²) in [4.78, 5) is 13.2. The molecule has 1 atom stereocenters. The average Bonchev–Trinajstić information content (AvgIpc) is 2.83. The number of hydrogen-bond acceptors (Lipinski definition) is 4. The Hall–Kier alpha value is -3.32. The van der Waals surface area contributed by atoms with Crippen LogP contribution in [0, 0.1) is 0 Å². The molecule has 1 N–H and O–H groups in total. The van der Waals surface area contributed by atoms with Crippen LogP contribution >= 0.6 is 0 Å². The van der Waals surface area contributed by atoms with E-state index in [2.05, 4.69) is 5.32 Å². The van der Waals surface area contributed by atoms with Gasteiger partial charge >= 0.3 is 0 Å². The van der Waals surface area contributed by atoms with Crippen LogP contribution in [0.15, 0.2) is 83.8 Å². The number of para-hydroxylation sites is 1. The monoisotopic (exact) mass is 450 g/mol. The summed E-state index contributed by atoms with van der Waals surface area (Å²) in [5.41, 5.74) is 2.65. The number of sulfonamides is 1. The number of benzene rings is 3. The second-order valence-corrected chi connectivity index (χ2v) is 9.60. The number of nitrogens with one attached hydrogen (secondary N) is 1. The first-order valence-corrected chi connectivity index (χ1v) is 12.0. The molecule has 0 bridgehead atoms. The van der Waals surface area contributed by atoms with Crippen molar-refractivity contribution in [3.8, 4) is 5.75 Å². The molecule has 0 aliphatic heterocycles. The number of methoxy groups -OCH3 is 1. The highest BCUT2D eigenvalue weighted by molar-refractivity contribution is 7.92. The largest absolute Gasteiger partial charge is 0.497 e. The minimum Gasteiger partial charge on any atom is -0.497 e. The molecule has 0 radical (unpaired) electrons. The topological polar surface area (TPSA) is 75.7 Å². The van der Waals surface area contributed by atoms with Gasteiger partial charge < -0.3 is 10.1 Å². The third-order valence-corrected chi connectivity index (χ3v) is 7.45. The van der Waals surface area contributed by atoms with Crippen LogP contribution in [0.1, 0.15) is 30.0 Å². The van der Waals surface area contributed by atoms with Gasteiger partial charge in [-0.15, -0.1) is 0 Å². The van der Waals surface area contributed by atoms with Crippen LogP contribution in [0.2, 0.25) is 0 Å². The van der Waals surface area contributed by atoms with Gasteiger partial charge in [0.25, 0.3) is 10.0 Å². The molecule has 0 saturated carbocycles. The van der Waals surface area contributed by atoms with Crippen LogP contribution < -0.4 is 14.4 Å². The van der Waals surface area contributed by atoms with E-state index in [0.717, 1.165) is 40.4 Å². The maximum atomic E-state index is 13.4. The summed E-state index contributed by atoms with van der Waals surface area (Å²) in [5, 5.41) is 3.05. The Morgan fingerprint density at radius 2 is 1.72 bits per heavy atom. The van der Waals surface area contributed by atoms with Gasteiger partial charge in [-0.1, -0.05) is 42.5 Å². The Bertz CT molecular complexity index is 1180. The van der Waals surface area contributed by atoms with Crippen molar-refractivity contribution in [2.45, 2.75) is 30.2 Å². The number of carbonyl (C=O) groups excluding carboxylic acids is 1. The first-order valence-electron chi connectivity index (χ1n) is 10.6. The Labute approximate surface area is 188 Å². The lowest BCUT2D eigenvalue weighted by molar-refractivity contribution is -0.120. The van der Waals surface area contributed by atoms with Gasteiger partial charge in [-0.2, -0.15) is 0 Å². The second-order valence-electron chi connectivity index (χ2n) is 7.74. The predicted octanol–water partition coefficient (Wildman–Crippen LogP) is 4.08. The number of hydrogen-bond donors (Lipinski definition) is 1. The SMILES string of the molecule is COc1ccc2c(c1)CCCC2NC(=O)CN(c1ccccc1)S(=O)(=O)c1ccccc1. The maximum Gasteiger partial charge on any atom is 0.264 e. The summed E-state index contributed by atoms with van der Waals surface area (Å²) >= 11 is 0. The number of carbonyl (C=O) groups is 1. The van der Waals surface area contributed by atoms with Gasteiger partial charge in [0, 0.05) is 0 Å². The van der Waals surface area contributed by atoms with E-state index < -0.39 is 10.0 Å². The fraction of sp³-hybridized carbons (Fsp3) is 0.240. The number of amides is 1. The van der Waals surface area contributed by atoms with E-state index in [0.29, 0.717) is 5.69 Å². The molecule has 3 aromatic carbocycles. The zero-order valence-corrected chi connectivity index (χ0v) is 18.7. The third-order valence-electron chi connectivity index (χ3n) is 5.66. The van der Waals surface area contributed by atoms with E-state index in [1.165, 1.54) is 12.1 Å². The molecule has 166 valence electrons. The lowest BCUT2D eigenvalue weighted by Gasteiger charge is -2.29. The molecular weight excluding hydrogens is 424 g/mol. The minimum absolute atomic E-state index is 0.145. The molecule has 0 spiro atoms. The van der Waals surface area contributed by atoms with Gasteiger partial charge in [-0.25, -0.2) is 8.42 Å². The number of ether oxygens (including phenoxy) is 1. The van der Waals surface area contributed by atoms with E-state index in [9.17, 15) is 13.2 Å². The van der Waals surface area contributed by atoms with E-state index in [4.69, 9.17) is 4.74 Å². The molecule has 32 heavy (non-hydrogen) atoms. The van der Waals surface area contributed by atoms with Crippen LogP contribution in [0.25, 0.3) is 0 Å². The third kappa shape index (κ3) is 4.62. The van der Waals surface area contributed by atoms with Gasteiger partial charge in [0.15, 0.2) is 0 Å². The van der Waals surface area contributed by atoms with Crippen molar-refractivity contribution in [1.82, 2.24) is 5.32 Å². The molecule has 4 rings (SSSR count). The molecule has 6 nitrogen and oxygen atoms in total. The lowest BCUT2D eigenvalue weighted by Crippen LogP contribution is -2.42. The molecule has 0 fully saturated rings. The molecule has 1 aliphatic carbocycles. The Balaban J connectivity index is 1.58. The van der Waals surface area contributed by atoms with Gasteiger partial charge in [0.2, 0.25) is 5.91 Å². The number of rotatable bonds is 7. The van der Waals surface area contributed by atoms with Crippen LogP contribution in [0.3, 0.4) is 0 Å². The first kappa shape index (κ1) is 21.9. The van der Waals surface area contributed by atoms with Crippen molar-refractivity contribution < 1.29 is 17.9 Å². The van der Waals surface area contributed by atoms with Gasteiger partial charge in [-0.05, 0) is 66.8 Å². The lowest BCUT2D eigenvalue weighted by atomic mass is 9.87. The molecule has 7 heteroatoms. The van der Waals surface area contributed by atoms with Crippen LogP contribution in [0.5, 0.6) is 5.75 Å². The molecular formula is C25H26N2O4S. The number of aryl methyl sites for hydroxylation is 1. The normalized spacial score (nSPS) is 15.5. The smallest absolute Gasteiger partial charge is 0.264 e. The summed E-state index contributed by atoms with van der Waals surface area (Å²) in [6.45, 7) is -0.302. The van der Waals surface area contributed by atoms with Crippen LogP contribution in [-0.2, 0) is 21.2 Å². The highest BCUT2D eigenvalue weighted by atomic mass is 32.2. The summed E-state index contributed by atoms with van der Waals surface area (Å²) in [6.07, 6.45) is 2.68. The second kappa shape index (κ2) is 9.44. The van der Waals surface area contributed by atoms with E-state index in [1.54, 1.807) is 49.6 Å². The quantitative estimate of drug-likeness (QED) is 0.588. The first-order chi connectivity index (χ1) is 15.5. The van der Waals surface area contributed by atoms with Crippen molar-refractivity contribution in [1.29, 1.82) is 0 Å². The fourth-order valence-corrected chi connectivity index (χ4v) is 5.51. The van der Waals surface area contributed by atoms with E-state index in [1.807, 2.05) is 24.3 Å². The Kier molecular flexibility index (Phi) is 6.46. The number of fused-ring (bicyclic) bond motifs is 1. The number of nitrogens with zero attached hydrogens (tertiary/aromatic N) is 1. The van der Waals surface area contributed by atoms with Gasteiger partial charge in [0.1, 0.15) is 12.3 Å². The minimum atomic E-state index is -3.90. The molecule has 1 unspecified atom stereocenters. The predicted molar refractivity (Wildman–Crippen MR) is 124 cm³/mol. The molecule has 0 saturated heterocycles. The highest BCUT2D eigenvalue weighted by Crippen LogP contribution is 2.32. The Morgan fingerprint density at radius 3 is 2.41 bits per heavy atom. The average molecular weight is 451 g/mol. The molecule has 0 heterocycles. The summed E-state index contributed by atoms with van der Waals surface area (Å²) < 4.78 is 33.2. The summed E-state index contributed by atoms with van der Waals surface area (Å²) in [5.74, 6) is 0.446. The highest BCUT2D eigenvalue weighted by Gasteiger charge is 2.29. The van der Waals surface area contributed by atoms with E-state index >= 15 is 0 Å². The van der Waals surface area contributed by atoms with Crippen molar-refractivity contribution in [3.63, 3.8) is 0 Å². The van der Waals surface area contributed by atoms with Crippen molar-refractivity contribution >= 4 is 21.6 Å². The van der Waals surface area contributed by atoms with Crippen molar-refractivity contribution in [2.75, 3.05) is 18.0 Å². The molecule has 1 aliphatic rings. The van der Waals surface area contributed by atoms with Crippen molar-refractivity contribution in [3.05, 3.63) is 90.0 Å². The standard InChI is InChI=1S/C25H26N2O4S/c1-31-21-15-16-23-19(17-21)9-8-14-24(23)26-25(28)18-27(20-10-4-2-5-11-20)32(29,30)22-12-6-3-7-13-22/h2-7,10-13,15-17,24H,8-9,14,18H2,1H3,(H,26,28). The Morgan fingerprint density at radius 1 is 1.03 bits per heavy atom. The zero-order chi connectivity index (χ0) is 22.6. The van der Waals surface area contributed by atoms with Gasteiger partial charge in [-0.3, -0.25) is 9.10 Å².